The minimum atomic E-state index is -0.395. The molecule has 0 bridgehead atoms. The first-order valence-electron chi connectivity index (χ1n) is 10.4. The van der Waals surface area contributed by atoms with E-state index in [9.17, 15) is 4.79 Å². The van der Waals surface area contributed by atoms with Gasteiger partial charge in [0.15, 0.2) is 5.11 Å². The Kier molecular flexibility index (Phi) is 6.32. The molecule has 1 saturated heterocycles. The summed E-state index contributed by atoms with van der Waals surface area (Å²) in [7, 11) is 1.38. The number of benzene rings is 1. The van der Waals surface area contributed by atoms with Crippen LogP contribution in [0.1, 0.15) is 53.7 Å². The Balaban J connectivity index is 1.73. The van der Waals surface area contributed by atoms with Crippen LogP contribution in [0.3, 0.4) is 0 Å². The SMILES string of the molecule is CCCCN1C(=S)N[C@H](c2ccccn2)[C@H]1c1ccc(-c2ccccc2C(=O)OC)o1. The first kappa shape index (κ1) is 21.1. The van der Waals surface area contributed by atoms with Gasteiger partial charge in [0.2, 0.25) is 0 Å². The molecule has 0 saturated carbocycles. The van der Waals surface area contributed by atoms with E-state index in [0.717, 1.165) is 30.8 Å². The number of pyridine rings is 1. The molecule has 6 nitrogen and oxygen atoms in total. The molecule has 1 aliphatic heterocycles. The van der Waals surface area contributed by atoms with Crippen LogP contribution in [0.15, 0.2) is 65.2 Å². The van der Waals surface area contributed by atoms with Crippen LogP contribution in [-0.2, 0) is 4.74 Å². The number of carbonyl (C=O) groups excluding carboxylic acids is 1. The minimum absolute atomic E-state index is 0.125. The van der Waals surface area contributed by atoms with Gasteiger partial charge in [-0.15, -0.1) is 0 Å². The first-order chi connectivity index (χ1) is 15.1. The van der Waals surface area contributed by atoms with Crippen molar-refractivity contribution in [3.8, 4) is 11.3 Å². The molecule has 31 heavy (non-hydrogen) atoms. The van der Waals surface area contributed by atoms with Gasteiger partial charge in [-0.05, 0) is 49.0 Å². The number of hydrogen-bond acceptors (Lipinski definition) is 5. The fourth-order valence-corrected chi connectivity index (χ4v) is 4.26. The summed E-state index contributed by atoms with van der Waals surface area (Å²) in [5, 5.41) is 4.12. The summed E-state index contributed by atoms with van der Waals surface area (Å²) >= 11 is 5.66. The van der Waals surface area contributed by atoms with Crippen molar-refractivity contribution < 1.29 is 13.9 Å². The Hall–Kier alpha value is -3.19. The van der Waals surface area contributed by atoms with Crippen LogP contribution in [-0.4, -0.2) is 34.6 Å². The van der Waals surface area contributed by atoms with Crippen molar-refractivity contribution in [2.45, 2.75) is 31.8 Å². The van der Waals surface area contributed by atoms with Crippen molar-refractivity contribution in [2.24, 2.45) is 0 Å². The van der Waals surface area contributed by atoms with E-state index in [-0.39, 0.29) is 12.1 Å². The third-order valence-corrected chi connectivity index (χ3v) is 5.82. The van der Waals surface area contributed by atoms with E-state index in [1.165, 1.54) is 7.11 Å². The van der Waals surface area contributed by atoms with Gasteiger partial charge < -0.3 is 19.4 Å². The molecule has 2 aromatic heterocycles. The number of nitrogens with one attached hydrogen (secondary N) is 1. The highest BCUT2D eigenvalue weighted by Crippen LogP contribution is 2.40. The molecular weight excluding hydrogens is 410 g/mol. The number of thiocarbonyl (C=S) groups is 1. The summed E-state index contributed by atoms with van der Waals surface area (Å²) in [4.78, 5) is 18.9. The average molecular weight is 436 g/mol. The molecule has 1 aliphatic rings. The molecule has 0 amide bonds. The summed E-state index contributed by atoms with van der Waals surface area (Å²) in [6, 6.07) is 16.7. The molecule has 1 fully saturated rings. The number of unbranched alkanes of at least 4 members (excludes halogenated alkanes) is 1. The Morgan fingerprint density at radius 1 is 1.19 bits per heavy atom. The molecule has 1 N–H and O–H groups in total. The summed E-state index contributed by atoms with van der Waals surface area (Å²) in [5.41, 5.74) is 2.07. The van der Waals surface area contributed by atoms with Crippen LogP contribution < -0.4 is 5.32 Å². The third-order valence-electron chi connectivity index (χ3n) is 5.47. The number of hydrogen-bond donors (Lipinski definition) is 1. The molecular formula is C24H25N3O3S. The molecule has 2 atom stereocenters. The standard InChI is InChI=1S/C24H25N3O3S/c1-3-4-15-27-22(21(26-24(27)31)18-11-7-8-14-25-18)20-13-12-19(30-20)16-9-5-6-10-17(16)23(28)29-2/h5-14,21-22H,3-4,15H2,1-2H3,(H,26,31)/t21-,22-/m1/s1. The van der Waals surface area contributed by atoms with Crippen molar-refractivity contribution in [2.75, 3.05) is 13.7 Å². The number of aromatic nitrogens is 1. The predicted octanol–water partition coefficient (Wildman–Crippen LogP) is 4.90. The zero-order chi connectivity index (χ0) is 21.8. The van der Waals surface area contributed by atoms with Crippen molar-refractivity contribution in [1.29, 1.82) is 0 Å². The zero-order valence-electron chi connectivity index (χ0n) is 17.6. The molecule has 0 unspecified atom stereocenters. The van der Waals surface area contributed by atoms with Crippen molar-refractivity contribution in [1.82, 2.24) is 15.2 Å². The van der Waals surface area contributed by atoms with Crippen molar-refractivity contribution in [3.63, 3.8) is 0 Å². The van der Waals surface area contributed by atoms with Crippen LogP contribution >= 0.6 is 12.2 Å². The number of furan rings is 1. The van der Waals surface area contributed by atoms with Gasteiger partial charge >= 0.3 is 5.97 Å². The van der Waals surface area contributed by atoms with Crippen LogP contribution in [0, 0.1) is 0 Å². The summed E-state index contributed by atoms with van der Waals surface area (Å²) in [5.74, 6) is 0.992. The molecule has 0 radical (unpaired) electrons. The number of rotatable bonds is 7. The van der Waals surface area contributed by atoms with E-state index in [4.69, 9.17) is 21.4 Å². The van der Waals surface area contributed by atoms with Crippen molar-refractivity contribution in [3.05, 3.63) is 77.8 Å². The average Bonchev–Trinajstić information content (AvgIpc) is 3.42. The lowest BCUT2D eigenvalue weighted by Crippen LogP contribution is -2.30. The van der Waals surface area contributed by atoms with Gasteiger partial charge in [-0.25, -0.2) is 4.79 Å². The molecule has 3 heterocycles. The number of esters is 1. The van der Waals surface area contributed by atoms with Crippen LogP contribution in [0.25, 0.3) is 11.3 Å². The summed E-state index contributed by atoms with van der Waals surface area (Å²) < 4.78 is 11.3. The highest BCUT2D eigenvalue weighted by Gasteiger charge is 2.41. The molecule has 1 aromatic carbocycles. The first-order valence-corrected chi connectivity index (χ1v) is 10.8. The van der Waals surface area contributed by atoms with E-state index >= 15 is 0 Å². The largest absolute Gasteiger partial charge is 0.465 e. The lowest BCUT2D eigenvalue weighted by atomic mass is 10.0. The fraction of sp³-hybridized carbons (Fsp3) is 0.292. The van der Waals surface area contributed by atoms with E-state index in [1.807, 2.05) is 48.5 Å². The fourth-order valence-electron chi connectivity index (χ4n) is 3.93. The van der Waals surface area contributed by atoms with Gasteiger partial charge in [0.05, 0.1) is 24.4 Å². The van der Waals surface area contributed by atoms with E-state index in [0.29, 0.717) is 22.0 Å². The maximum absolute atomic E-state index is 12.2. The van der Waals surface area contributed by atoms with Crippen LogP contribution in [0.4, 0.5) is 0 Å². The minimum Gasteiger partial charge on any atom is -0.465 e. The normalized spacial score (nSPS) is 18.1. The smallest absolute Gasteiger partial charge is 0.338 e. The molecule has 7 heteroatoms. The zero-order valence-corrected chi connectivity index (χ0v) is 18.4. The molecule has 0 spiro atoms. The van der Waals surface area contributed by atoms with Gasteiger partial charge in [0.25, 0.3) is 0 Å². The quantitative estimate of drug-likeness (QED) is 0.418. The Morgan fingerprint density at radius 3 is 2.74 bits per heavy atom. The summed E-state index contributed by atoms with van der Waals surface area (Å²) in [6.07, 6.45) is 3.87. The second kappa shape index (κ2) is 9.31. The number of carbonyl (C=O) groups is 1. The molecule has 3 aromatic rings. The number of nitrogens with zero attached hydrogens (tertiary/aromatic N) is 2. The predicted molar refractivity (Wildman–Crippen MR) is 123 cm³/mol. The highest BCUT2D eigenvalue weighted by atomic mass is 32.1. The topological polar surface area (TPSA) is 67.6 Å². The van der Waals surface area contributed by atoms with Crippen LogP contribution in [0.5, 0.6) is 0 Å². The van der Waals surface area contributed by atoms with Gasteiger partial charge in [-0.1, -0.05) is 37.6 Å². The molecule has 4 rings (SSSR count). The lowest BCUT2D eigenvalue weighted by molar-refractivity contribution is 0.0601. The van der Waals surface area contributed by atoms with Gasteiger partial charge in [-0.2, -0.15) is 0 Å². The number of ether oxygens (including phenoxy) is 1. The second-order valence-corrected chi connectivity index (χ2v) is 7.80. The molecule has 160 valence electrons. The van der Waals surface area contributed by atoms with Crippen LogP contribution in [0.2, 0.25) is 0 Å². The third kappa shape index (κ3) is 4.18. The molecule has 0 aliphatic carbocycles. The lowest BCUT2D eigenvalue weighted by Gasteiger charge is -2.25. The maximum atomic E-state index is 12.2. The number of methoxy groups -OCH3 is 1. The Labute approximate surface area is 187 Å². The maximum Gasteiger partial charge on any atom is 0.338 e. The van der Waals surface area contributed by atoms with E-state index < -0.39 is 5.97 Å². The van der Waals surface area contributed by atoms with E-state index in [1.54, 1.807) is 12.3 Å². The summed E-state index contributed by atoms with van der Waals surface area (Å²) in [6.45, 7) is 2.98. The van der Waals surface area contributed by atoms with Crippen molar-refractivity contribution >= 4 is 23.3 Å². The van der Waals surface area contributed by atoms with Gasteiger partial charge in [-0.3, -0.25) is 4.98 Å². The second-order valence-electron chi connectivity index (χ2n) is 7.41. The Morgan fingerprint density at radius 2 is 2.00 bits per heavy atom. The van der Waals surface area contributed by atoms with Gasteiger partial charge in [0.1, 0.15) is 17.6 Å². The monoisotopic (exact) mass is 435 g/mol. The van der Waals surface area contributed by atoms with Gasteiger partial charge in [0, 0.05) is 18.3 Å². The van der Waals surface area contributed by atoms with E-state index in [2.05, 4.69) is 22.1 Å². The highest BCUT2D eigenvalue weighted by molar-refractivity contribution is 7.80. The Bertz CT molecular complexity index is 1070.